The molecule has 2 aromatic heterocycles. The Bertz CT molecular complexity index is 1310. The van der Waals surface area contributed by atoms with Gasteiger partial charge in [-0.2, -0.15) is 0 Å². The number of carbonyl (C=O) groups excluding carboxylic acids is 1. The average Bonchev–Trinajstić information content (AvgIpc) is 3.28. The number of aromatic nitrogens is 2. The second kappa shape index (κ2) is 9.91. The molecule has 0 bridgehead atoms. The maximum Gasteiger partial charge on any atom is 0.415 e. The van der Waals surface area contributed by atoms with Crippen molar-refractivity contribution in [3.05, 3.63) is 70.8 Å². The minimum Gasteiger partial charge on any atom is -0.410 e. The Balaban J connectivity index is 1.19. The number of halogens is 3. The molecular weight excluding hydrogens is 478 g/mol. The number of fused-ring (bicyclic) bond motifs is 1. The lowest BCUT2D eigenvalue weighted by atomic mass is 9.98. The first-order valence-electron chi connectivity index (χ1n) is 11.3. The molecule has 0 radical (unpaired) electrons. The molecule has 1 amide bonds. The van der Waals surface area contributed by atoms with Gasteiger partial charge in [0.1, 0.15) is 28.9 Å². The lowest BCUT2D eigenvalue weighted by Crippen LogP contribution is -2.45. The molecule has 35 heavy (non-hydrogen) atoms. The number of ether oxygens (including phenoxy) is 1. The summed E-state index contributed by atoms with van der Waals surface area (Å²) in [6.45, 7) is 1.41. The van der Waals surface area contributed by atoms with Crippen LogP contribution in [0, 0.1) is 11.7 Å². The third-order valence-electron chi connectivity index (χ3n) is 6.01. The Kier molecular flexibility index (Phi) is 6.54. The van der Waals surface area contributed by atoms with Crippen LogP contribution in [0.3, 0.4) is 0 Å². The average molecular weight is 501 g/mol. The Morgan fingerprint density at radius 1 is 1.29 bits per heavy atom. The summed E-state index contributed by atoms with van der Waals surface area (Å²) in [6, 6.07) is 7.09. The molecular formula is C24H23ClF2N6O2. The number of benzene rings is 1. The van der Waals surface area contributed by atoms with Crippen LogP contribution in [0.15, 0.2) is 59.4 Å². The molecule has 4 heterocycles. The van der Waals surface area contributed by atoms with Crippen molar-refractivity contribution in [2.45, 2.75) is 12.8 Å². The van der Waals surface area contributed by atoms with E-state index in [2.05, 4.69) is 25.6 Å². The van der Waals surface area contributed by atoms with E-state index in [0.717, 1.165) is 23.8 Å². The van der Waals surface area contributed by atoms with Crippen LogP contribution in [0.2, 0.25) is 5.02 Å². The minimum absolute atomic E-state index is 0.0911. The van der Waals surface area contributed by atoms with Crippen molar-refractivity contribution in [1.82, 2.24) is 25.5 Å². The number of nitrogens with zero attached hydrogens (tertiary/aromatic N) is 3. The fourth-order valence-corrected chi connectivity index (χ4v) is 4.39. The van der Waals surface area contributed by atoms with Crippen molar-refractivity contribution in [1.29, 1.82) is 0 Å². The minimum atomic E-state index is -0.483. The predicted octanol–water partition coefficient (Wildman–Crippen LogP) is 4.34. The Labute approximate surface area is 205 Å². The molecule has 182 valence electrons. The topological polar surface area (TPSA) is 94.6 Å². The summed E-state index contributed by atoms with van der Waals surface area (Å²) in [7, 11) is 0. The van der Waals surface area contributed by atoms with Gasteiger partial charge in [-0.05, 0) is 49.1 Å². The summed E-state index contributed by atoms with van der Waals surface area (Å²) in [4.78, 5) is 25.8. The fraction of sp³-hybridized carbons (Fsp3) is 0.292. The summed E-state index contributed by atoms with van der Waals surface area (Å²) in [6.07, 6.45) is 4.51. The van der Waals surface area contributed by atoms with Gasteiger partial charge >= 0.3 is 6.09 Å². The number of aromatic amines is 1. The highest BCUT2D eigenvalue weighted by atomic mass is 35.5. The highest BCUT2D eigenvalue weighted by Gasteiger charge is 2.26. The van der Waals surface area contributed by atoms with E-state index in [0.29, 0.717) is 36.1 Å². The van der Waals surface area contributed by atoms with E-state index in [1.807, 2.05) is 0 Å². The second-order valence-corrected chi connectivity index (χ2v) is 8.92. The molecule has 3 aromatic rings. The van der Waals surface area contributed by atoms with E-state index >= 15 is 0 Å². The van der Waals surface area contributed by atoms with Gasteiger partial charge < -0.3 is 25.3 Å². The van der Waals surface area contributed by atoms with Crippen LogP contribution >= 0.6 is 11.6 Å². The van der Waals surface area contributed by atoms with E-state index in [1.165, 1.54) is 24.3 Å². The van der Waals surface area contributed by atoms with Gasteiger partial charge in [0.05, 0.1) is 11.6 Å². The van der Waals surface area contributed by atoms with Crippen LogP contribution in [0.1, 0.15) is 18.4 Å². The van der Waals surface area contributed by atoms with Gasteiger partial charge in [-0.3, -0.25) is 4.99 Å². The third kappa shape index (κ3) is 5.22. The molecule has 0 unspecified atom stereocenters. The molecule has 2 aliphatic rings. The molecule has 11 heteroatoms. The quantitative estimate of drug-likeness (QED) is 0.484. The van der Waals surface area contributed by atoms with Crippen molar-refractivity contribution in [2.75, 3.05) is 26.2 Å². The maximum absolute atomic E-state index is 14.6. The van der Waals surface area contributed by atoms with Crippen LogP contribution in [0.5, 0.6) is 5.75 Å². The number of amidine groups is 1. The van der Waals surface area contributed by atoms with E-state index in [1.54, 1.807) is 23.4 Å². The third-order valence-corrected chi connectivity index (χ3v) is 6.21. The first-order chi connectivity index (χ1) is 17.0. The monoisotopic (exact) mass is 500 g/mol. The number of rotatable bonds is 5. The van der Waals surface area contributed by atoms with Crippen molar-refractivity contribution in [3.8, 4) is 5.75 Å². The molecule has 0 spiro atoms. The highest BCUT2D eigenvalue weighted by molar-refractivity contribution is 6.31. The highest BCUT2D eigenvalue weighted by Crippen LogP contribution is 2.23. The van der Waals surface area contributed by atoms with Crippen molar-refractivity contribution < 1.29 is 18.3 Å². The van der Waals surface area contributed by atoms with E-state index in [4.69, 9.17) is 16.3 Å². The molecule has 5 rings (SSSR count). The van der Waals surface area contributed by atoms with E-state index in [9.17, 15) is 13.6 Å². The molecule has 1 atom stereocenters. The molecule has 1 aromatic carbocycles. The zero-order chi connectivity index (χ0) is 24.4. The SMILES string of the molecule is O=C(Oc1ccc(F)cc1)N1CCC[C@H](CNC2=C(F)CN=C(c3c[nH]c4ncc(Cl)cc34)N2)C1. The van der Waals surface area contributed by atoms with Crippen LogP contribution in [-0.2, 0) is 0 Å². The number of amides is 1. The number of piperidine rings is 1. The van der Waals surface area contributed by atoms with Gasteiger partial charge in [-0.25, -0.2) is 18.6 Å². The Morgan fingerprint density at radius 3 is 2.94 bits per heavy atom. The van der Waals surface area contributed by atoms with Gasteiger partial charge in [0.25, 0.3) is 0 Å². The second-order valence-electron chi connectivity index (χ2n) is 8.48. The van der Waals surface area contributed by atoms with Gasteiger partial charge in [-0.15, -0.1) is 0 Å². The molecule has 3 N–H and O–H groups in total. The molecule has 0 saturated carbocycles. The Hall–Kier alpha value is -3.66. The van der Waals surface area contributed by atoms with Crippen LogP contribution < -0.4 is 15.4 Å². The van der Waals surface area contributed by atoms with Crippen molar-refractivity contribution in [3.63, 3.8) is 0 Å². The van der Waals surface area contributed by atoms with Gasteiger partial charge in [0, 0.05) is 43.0 Å². The molecule has 8 nitrogen and oxygen atoms in total. The zero-order valence-electron chi connectivity index (χ0n) is 18.7. The lowest BCUT2D eigenvalue weighted by Gasteiger charge is -2.32. The van der Waals surface area contributed by atoms with Crippen molar-refractivity contribution in [2.24, 2.45) is 10.9 Å². The first-order valence-corrected chi connectivity index (χ1v) is 11.6. The molecule has 1 fully saturated rings. The number of hydrogen-bond acceptors (Lipinski definition) is 6. The number of pyridine rings is 1. The fourth-order valence-electron chi connectivity index (χ4n) is 4.23. The van der Waals surface area contributed by atoms with Gasteiger partial charge in [0.15, 0.2) is 5.83 Å². The molecule has 0 aliphatic carbocycles. The summed E-state index contributed by atoms with van der Waals surface area (Å²) in [5.41, 5.74) is 1.41. The molecule has 1 saturated heterocycles. The standard InChI is InChI=1S/C24H23ClF2N6O2/c25-15-8-18-19(11-30-21(18)29-10-15)22-31-12-20(27)23(32-22)28-9-14-2-1-7-33(13-14)24(34)35-17-5-3-16(26)4-6-17/h3-6,8,10-11,14,28H,1-2,7,9,12-13H2,(H,29,30)(H,31,32)/t14-/m1/s1. The normalized spacial score (nSPS) is 18.3. The Morgan fingerprint density at radius 2 is 2.11 bits per heavy atom. The van der Waals surface area contributed by atoms with E-state index < -0.39 is 17.7 Å². The van der Waals surface area contributed by atoms with Crippen LogP contribution in [0.25, 0.3) is 11.0 Å². The summed E-state index contributed by atoms with van der Waals surface area (Å²) in [5, 5.41) is 7.47. The summed E-state index contributed by atoms with van der Waals surface area (Å²) >= 11 is 6.09. The predicted molar refractivity (Wildman–Crippen MR) is 129 cm³/mol. The van der Waals surface area contributed by atoms with Crippen molar-refractivity contribution >= 4 is 34.6 Å². The number of H-pyrrole nitrogens is 1. The van der Waals surface area contributed by atoms with E-state index in [-0.39, 0.29) is 24.0 Å². The lowest BCUT2D eigenvalue weighted by molar-refractivity contribution is 0.126. The van der Waals surface area contributed by atoms with Crippen LogP contribution in [0.4, 0.5) is 13.6 Å². The number of likely N-dealkylation sites (tertiary alicyclic amines) is 1. The number of nitrogens with one attached hydrogen (secondary N) is 3. The number of hydrogen-bond donors (Lipinski definition) is 3. The largest absolute Gasteiger partial charge is 0.415 e. The maximum atomic E-state index is 14.6. The summed E-state index contributed by atoms with van der Waals surface area (Å²) in [5.74, 6) is 0.363. The van der Waals surface area contributed by atoms with Gasteiger partial charge in [0.2, 0.25) is 0 Å². The number of aliphatic imine (C=N–C) groups is 1. The summed E-state index contributed by atoms with van der Waals surface area (Å²) < 4.78 is 33.0. The molecule has 2 aliphatic heterocycles. The van der Waals surface area contributed by atoms with Crippen LogP contribution in [-0.4, -0.2) is 53.0 Å². The van der Waals surface area contributed by atoms with Gasteiger partial charge in [-0.1, -0.05) is 11.6 Å². The first kappa shape index (κ1) is 23.1. The zero-order valence-corrected chi connectivity index (χ0v) is 19.4. The smallest absolute Gasteiger partial charge is 0.410 e. The number of carbonyl (C=O) groups is 1.